The summed E-state index contributed by atoms with van der Waals surface area (Å²) in [6, 6.07) is 5.75. The Labute approximate surface area is 89.9 Å². The van der Waals surface area contributed by atoms with E-state index in [0.717, 1.165) is 22.5 Å². The lowest BCUT2D eigenvalue weighted by Gasteiger charge is -2.03. The molecular formula is C9H9BrN4. The zero-order valence-electron chi connectivity index (χ0n) is 7.37. The number of pyridine rings is 1. The lowest BCUT2D eigenvalue weighted by atomic mass is 10.3. The van der Waals surface area contributed by atoms with Crippen molar-refractivity contribution in [3.63, 3.8) is 0 Å². The first-order chi connectivity index (χ1) is 6.84. The van der Waals surface area contributed by atoms with Crippen LogP contribution in [0.2, 0.25) is 0 Å². The van der Waals surface area contributed by atoms with Crippen LogP contribution in [-0.4, -0.2) is 15.2 Å². The molecule has 0 atom stereocenters. The zero-order chi connectivity index (χ0) is 9.80. The third-order valence-corrected chi connectivity index (χ3v) is 2.19. The smallest absolute Gasteiger partial charge is 0.127 e. The Balaban J connectivity index is 1.98. The van der Waals surface area contributed by atoms with Gasteiger partial charge < -0.3 is 5.32 Å². The largest absolute Gasteiger partial charge is 0.366 e. The lowest BCUT2D eigenvalue weighted by Crippen LogP contribution is -1.99. The first kappa shape index (κ1) is 9.21. The van der Waals surface area contributed by atoms with E-state index in [1.165, 1.54) is 0 Å². The third-order valence-electron chi connectivity index (χ3n) is 1.74. The summed E-state index contributed by atoms with van der Waals surface area (Å²) in [4.78, 5) is 4.25. The van der Waals surface area contributed by atoms with E-state index in [-0.39, 0.29) is 0 Å². The number of halogens is 1. The average molecular weight is 253 g/mol. The Morgan fingerprint density at radius 1 is 1.43 bits per heavy atom. The van der Waals surface area contributed by atoms with Gasteiger partial charge in [0, 0.05) is 18.3 Å². The van der Waals surface area contributed by atoms with Gasteiger partial charge in [0.1, 0.15) is 10.4 Å². The molecule has 0 saturated heterocycles. The van der Waals surface area contributed by atoms with Gasteiger partial charge in [0.25, 0.3) is 0 Å². The summed E-state index contributed by atoms with van der Waals surface area (Å²) >= 11 is 3.31. The molecule has 2 rings (SSSR count). The van der Waals surface area contributed by atoms with E-state index >= 15 is 0 Å². The van der Waals surface area contributed by atoms with Crippen LogP contribution in [-0.2, 0) is 6.54 Å². The van der Waals surface area contributed by atoms with E-state index in [1.54, 1.807) is 6.20 Å². The Hall–Kier alpha value is -1.36. The summed E-state index contributed by atoms with van der Waals surface area (Å²) in [5.41, 5.74) is 1.10. The van der Waals surface area contributed by atoms with Gasteiger partial charge in [0.2, 0.25) is 0 Å². The first-order valence-corrected chi connectivity index (χ1v) is 4.98. The molecule has 0 amide bonds. The fourth-order valence-electron chi connectivity index (χ4n) is 1.07. The van der Waals surface area contributed by atoms with Crippen LogP contribution in [0.25, 0.3) is 0 Å². The van der Waals surface area contributed by atoms with Crippen LogP contribution in [0.4, 0.5) is 5.82 Å². The maximum atomic E-state index is 4.25. The van der Waals surface area contributed by atoms with Crippen LogP contribution in [0.1, 0.15) is 5.56 Å². The minimum absolute atomic E-state index is 0.722. The van der Waals surface area contributed by atoms with E-state index in [4.69, 9.17) is 0 Å². The van der Waals surface area contributed by atoms with Crippen molar-refractivity contribution in [1.82, 2.24) is 15.2 Å². The number of nitrogens with one attached hydrogen (secondary N) is 2. The molecule has 2 heterocycles. The summed E-state index contributed by atoms with van der Waals surface area (Å²) in [7, 11) is 0. The number of aromatic amines is 1. The highest BCUT2D eigenvalue weighted by atomic mass is 79.9. The normalized spacial score (nSPS) is 10.1. The minimum atomic E-state index is 0.722. The second-order valence-corrected chi connectivity index (χ2v) is 3.62. The Morgan fingerprint density at radius 3 is 3.07 bits per heavy atom. The van der Waals surface area contributed by atoms with Gasteiger partial charge >= 0.3 is 0 Å². The van der Waals surface area contributed by atoms with Crippen LogP contribution in [0.15, 0.2) is 35.2 Å². The molecule has 0 fully saturated rings. The monoisotopic (exact) mass is 252 g/mol. The fourth-order valence-corrected chi connectivity index (χ4v) is 1.42. The zero-order valence-corrected chi connectivity index (χ0v) is 8.95. The van der Waals surface area contributed by atoms with Crippen LogP contribution in [0.3, 0.4) is 0 Å². The van der Waals surface area contributed by atoms with Gasteiger partial charge in [-0.3, -0.25) is 5.10 Å². The first-order valence-electron chi connectivity index (χ1n) is 4.19. The third kappa shape index (κ3) is 2.32. The number of H-pyrrole nitrogens is 1. The van der Waals surface area contributed by atoms with E-state index in [2.05, 4.69) is 36.4 Å². The molecule has 14 heavy (non-hydrogen) atoms. The van der Waals surface area contributed by atoms with Gasteiger partial charge in [-0.15, -0.1) is 0 Å². The molecule has 0 saturated carbocycles. The maximum absolute atomic E-state index is 4.25. The Morgan fingerprint density at radius 2 is 2.36 bits per heavy atom. The molecule has 0 aliphatic carbocycles. The second kappa shape index (κ2) is 4.23. The molecule has 2 N–H and O–H groups in total. The van der Waals surface area contributed by atoms with Crippen molar-refractivity contribution in [1.29, 1.82) is 0 Å². The molecule has 2 aromatic rings. The SMILES string of the molecule is Brc1cccc(NCc2cn[nH]c2)n1. The van der Waals surface area contributed by atoms with E-state index in [0.29, 0.717) is 0 Å². The summed E-state index contributed by atoms with van der Waals surface area (Å²) in [6.07, 6.45) is 3.63. The van der Waals surface area contributed by atoms with Gasteiger partial charge in [-0.2, -0.15) is 5.10 Å². The molecule has 4 nitrogen and oxygen atoms in total. The van der Waals surface area contributed by atoms with Crippen molar-refractivity contribution in [2.75, 3.05) is 5.32 Å². The van der Waals surface area contributed by atoms with Crippen molar-refractivity contribution in [2.45, 2.75) is 6.54 Å². The predicted molar refractivity (Wildman–Crippen MR) is 57.9 cm³/mol. The number of nitrogens with zero attached hydrogens (tertiary/aromatic N) is 2. The highest BCUT2D eigenvalue weighted by molar-refractivity contribution is 9.10. The number of hydrogen-bond acceptors (Lipinski definition) is 3. The van der Waals surface area contributed by atoms with Crippen LogP contribution in [0, 0.1) is 0 Å². The summed E-state index contributed by atoms with van der Waals surface area (Å²) < 4.78 is 0.828. The van der Waals surface area contributed by atoms with Gasteiger partial charge in [-0.05, 0) is 28.1 Å². The molecular weight excluding hydrogens is 244 g/mol. The highest BCUT2D eigenvalue weighted by Gasteiger charge is 1.96. The van der Waals surface area contributed by atoms with Crippen LogP contribution in [0.5, 0.6) is 0 Å². The van der Waals surface area contributed by atoms with E-state index in [9.17, 15) is 0 Å². The molecule has 0 bridgehead atoms. The fraction of sp³-hybridized carbons (Fsp3) is 0.111. The van der Waals surface area contributed by atoms with Crippen molar-refractivity contribution in [3.8, 4) is 0 Å². The lowest BCUT2D eigenvalue weighted by molar-refractivity contribution is 1.09. The molecule has 0 radical (unpaired) electrons. The van der Waals surface area contributed by atoms with Crippen LogP contribution < -0.4 is 5.32 Å². The molecule has 5 heteroatoms. The highest BCUT2D eigenvalue weighted by Crippen LogP contribution is 2.10. The second-order valence-electron chi connectivity index (χ2n) is 2.81. The molecule has 0 aromatic carbocycles. The molecule has 0 aliphatic rings. The van der Waals surface area contributed by atoms with Crippen LogP contribution >= 0.6 is 15.9 Å². The summed E-state index contributed by atoms with van der Waals surface area (Å²) in [6.45, 7) is 0.722. The maximum Gasteiger partial charge on any atom is 0.127 e. The standard InChI is InChI=1S/C9H9BrN4/c10-8-2-1-3-9(14-8)11-4-7-5-12-13-6-7/h1-3,5-6H,4H2,(H,11,14)(H,12,13). The molecule has 0 spiro atoms. The average Bonchev–Trinajstić information content (AvgIpc) is 2.67. The molecule has 0 aliphatic heterocycles. The van der Waals surface area contributed by atoms with Gasteiger partial charge in [-0.25, -0.2) is 4.98 Å². The van der Waals surface area contributed by atoms with Crippen molar-refractivity contribution >= 4 is 21.7 Å². The predicted octanol–water partition coefficient (Wildman–Crippen LogP) is 2.18. The Bertz CT molecular complexity index is 399. The van der Waals surface area contributed by atoms with Gasteiger partial charge in [0.05, 0.1) is 6.20 Å². The van der Waals surface area contributed by atoms with E-state index in [1.807, 2.05) is 24.4 Å². The molecule has 72 valence electrons. The van der Waals surface area contributed by atoms with Gasteiger partial charge in [-0.1, -0.05) is 6.07 Å². The number of anilines is 1. The number of rotatable bonds is 3. The summed E-state index contributed by atoms with van der Waals surface area (Å²) in [5, 5.41) is 9.80. The topological polar surface area (TPSA) is 53.6 Å². The Kier molecular flexibility index (Phi) is 2.78. The van der Waals surface area contributed by atoms with Crippen molar-refractivity contribution < 1.29 is 0 Å². The van der Waals surface area contributed by atoms with Crippen molar-refractivity contribution in [3.05, 3.63) is 40.8 Å². The van der Waals surface area contributed by atoms with E-state index < -0.39 is 0 Å². The quantitative estimate of drug-likeness (QED) is 0.824. The molecule has 2 aromatic heterocycles. The number of hydrogen-bond donors (Lipinski definition) is 2. The van der Waals surface area contributed by atoms with Crippen molar-refractivity contribution in [2.24, 2.45) is 0 Å². The summed E-state index contributed by atoms with van der Waals surface area (Å²) in [5.74, 6) is 0.848. The number of aromatic nitrogens is 3. The molecule has 0 unspecified atom stereocenters. The van der Waals surface area contributed by atoms with Gasteiger partial charge in [0.15, 0.2) is 0 Å². The minimum Gasteiger partial charge on any atom is -0.366 e.